The van der Waals surface area contributed by atoms with Crippen LogP contribution < -0.4 is 5.69 Å². The molecule has 0 aliphatic rings. The van der Waals surface area contributed by atoms with E-state index in [2.05, 4.69) is 0 Å². The Morgan fingerprint density at radius 1 is 1.00 bits per heavy atom. The van der Waals surface area contributed by atoms with E-state index in [1.54, 1.807) is 0 Å². The summed E-state index contributed by atoms with van der Waals surface area (Å²) in [5, 5.41) is 0. The molecule has 74 valence electrons. The maximum atomic E-state index is 11.7. The number of fused-ring (bicyclic) bond motifs is 1. The third kappa shape index (κ3) is 1.24. The number of para-hydroxylation sites is 2. The molecule has 3 nitrogen and oxygen atoms in total. The van der Waals surface area contributed by atoms with Crippen molar-refractivity contribution in [2.75, 3.05) is 0 Å². The molecule has 0 N–H and O–H groups in total. The fraction of sp³-hybridized carbons (Fsp3) is 0.222. The molecule has 1 aromatic carbocycles. The zero-order chi connectivity index (χ0) is 10.1. The summed E-state index contributed by atoms with van der Waals surface area (Å²) in [6, 6.07) is 7.71. The minimum Gasteiger partial charge on any atom is -0.278 e. The van der Waals surface area contributed by atoms with Crippen LogP contribution in [0.3, 0.4) is 0 Å². The lowest BCUT2D eigenvalue weighted by molar-refractivity contribution is 0.767. The van der Waals surface area contributed by atoms with Crippen LogP contribution in [0, 0.1) is 0 Å². The highest BCUT2D eigenvalue weighted by Crippen LogP contribution is 2.13. The molecule has 2 aromatic rings. The minimum absolute atomic E-state index is 0.142. The summed E-state index contributed by atoms with van der Waals surface area (Å²) in [7, 11) is 0. The monoisotopic (exact) mass is 230 g/mol. The van der Waals surface area contributed by atoms with Gasteiger partial charge in [-0.05, 0) is 12.1 Å². The van der Waals surface area contributed by atoms with Crippen LogP contribution >= 0.6 is 23.2 Å². The first-order chi connectivity index (χ1) is 6.79. The van der Waals surface area contributed by atoms with E-state index in [0.29, 0.717) is 0 Å². The lowest BCUT2D eigenvalue weighted by Gasteiger charge is -1.94. The second kappa shape index (κ2) is 3.67. The van der Waals surface area contributed by atoms with Crippen molar-refractivity contribution in [1.29, 1.82) is 0 Å². The number of benzene rings is 1. The predicted molar refractivity (Wildman–Crippen MR) is 57.9 cm³/mol. The molecule has 0 unspecified atom stereocenters. The zero-order valence-electron chi connectivity index (χ0n) is 7.28. The summed E-state index contributed by atoms with van der Waals surface area (Å²) >= 11 is 11.4. The van der Waals surface area contributed by atoms with Gasteiger partial charge in [0, 0.05) is 0 Å². The highest BCUT2D eigenvalue weighted by Gasteiger charge is 2.09. The van der Waals surface area contributed by atoms with Crippen LogP contribution in [0.2, 0.25) is 0 Å². The van der Waals surface area contributed by atoms with Crippen molar-refractivity contribution in [2.24, 2.45) is 0 Å². The number of aromatic nitrogens is 2. The van der Waals surface area contributed by atoms with Gasteiger partial charge in [0.2, 0.25) is 0 Å². The van der Waals surface area contributed by atoms with Gasteiger partial charge >= 0.3 is 5.69 Å². The molecule has 0 radical (unpaired) electrons. The van der Waals surface area contributed by atoms with Gasteiger partial charge in [0.25, 0.3) is 0 Å². The predicted octanol–water partition coefficient (Wildman–Crippen LogP) is 2.20. The number of imidazole rings is 1. The molecular formula is C9H8Cl2N2O. The Morgan fingerprint density at radius 3 is 1.79 bits per heavy atom. The molecule has 0 atom stereocenters. The van der Waals surface area contributed by atoms with Gasteiger partial charge in [-0.1, -0.05) is 12.1 Å². The highest BCUT2D eigenvalue weighted by molar-refractivity contribution is 6.16. The topological polar surface area (TPSA) is 26.9 Å². The minimum atomic E-state index is -0.170. The number of hydrogen-bond acceptors (Lipinski definition) is 1. The van der Waals surface area contributed by atoms with Crippen LogP contribution in [0.1, 0.15) is 0 Å². The molecule has 14 heavy (non-hydrogen) atoms. The lowest BCUT2D eigenvalue weighted by atomic mass is 10.3. The van der Waals surface area contributed by atoms with Crippen molar-refractivity contribution in [3.8, 4) is 0 Å². The normalized spacial score (nSPS) is 11.0. The van der Waals surface area contributed by atoms with E-state index in [1.165, 1.54) is 9.13 Å². The smallest absolute Gasteiger partial charge is 0.278 e. The fourth-order valence-electron chi connectivity index (χ4n) is 1.50. The molecule has 0 saturated carbocycles. The molecule has 0 aliphatic carbocycles. The summed E-state index contributed by atoms with van der Waals surface area (Å²) in [6.45, 7) is 0. The van der Waals surface area contributed by atoms with Gasteiger partial charge < -0.3 is 0 Å². The van der Waals surface area contributed by atoms with Crippen LogP contribution in [0.15, 0.2) is 29.1 Å². The van der Waals surface area contributed by atoms with Gasteiger partial charge in [0.15, 0.2) is 0 Å². The average Bonchev–Trinajstić information content (AvgIpc) is 2.49. The summed E-state index contributed by atoms with van der Waals surface area (Å²) in [6.07, 6.45) is 0. The van der Waals surface area contributed by atoms with Gasteiger partial charge in [-0.2, -0.15) is 0 Å². The summed E-state index contributed by atoms with van der Waals surface area (Å²) in [4.78, 5) is 11.7. The zero-order valence-corrected chi connectivity index (χ0v) is 8.79. The van der Waals surface area contributed by atoms with Crippen LogP contribution in [0.25, 0.3) is 11.0 Å². The van der Waals surface area contributed by atoms with Crippen molar-refractivity contribution in [3.63, 3.8) is 0 Å². The molecule has 1 heterocycles. The molecular weight excluding hydrogens is 223 g/mol. The average molecular weight is 231 g/mol. The third-order valence-corrected chi connectivity index (χ3v) is 2.64. The Kier molecular flexibility index (Phi) is 2.52. The number of rotatable bonds is 2. The van der Waals surface area contributed by atoms with Gasteiger partial charge in [0.1, 0.15) is 12.0 Å². The Labute approximate surface area is 90.5 Å². The number of hydrogen-bond donors (Lipinski definition) is 0. The maximum absolute atomic E-state index is 11.7. The second-order valence-corrected chi connectivity index (χ2v) is 3.34. The summed E-state index contributed by atoms with van der Waals surface area (Å²) in [5.41, 5.74) is 1.46. The number of halogens is 2. The first-order valence-corrected chi connectivity index (χ1v) is 5.16. The van der Waals surface area contributed by atoms with Crippen LogP contribution in [-0.4, -0.2) is 9.13 Å². The molecule has 0 spiro atoms. The Hall–Kier alpha value is -0.930. The molecule has 1 aromatic heterocycles. The van der Waals surface area contributed by atoms with E-state index in [1.807, 2.05) is 24.3 Å². The fourth-order valence-corrected chi connectivity index (χ4v) is 1.97. The van der Waals surface area contributed by atoms with Gasteiger partial charge in [-0.3, -0.25) is 9.13 Å². The molecule has 0 bridgehead atoms. The molecule has 0 amide bonds. The first kappa shape index (κ1) is 9.62. The second-order valence-electron chi connectivity index (χ2n) is 2.87. The summed E-state index contributed by atoms with van der Waals surface area (Å²) < 4.78 is 2.97. The van der Waals surface area contributed by atoms with Gasteiger partial charge in [-0.25, -0.2) is 4.79 Å². The van der Waals surface area contributed by atoms with Gasteiger partial charge in [-0.15, -0.1) is 23.2 Å². The van der Waals surface area contributed by atoms with Crippen molar-refractivity contribution in [3.05, 3.63) is 34.7 Å². The Morgan fingerprint density at radius 2 is 1.43 bits per heavy atom. The maximum Gasteiger partial charge on any atom is 0.331 e. The van der Waals surface area contributed by atoms with E-state index in [4.69, 9.17) is 23.2 Å². The molecule has 2 rings (SSSR count). The van der Waals surface area contributed by atoms with Crippen molar-refractivity contribution in [1.82, 2.24) is 9.13 Å². The van der Waals surface area contributed by atoms with E-state index in [9.17, 15) is 4.79 Å². The lowest BCUT2D eigenvalue weighted by Crippen LogP contribution is -2.21. The SMILES string of the molecule is O=c1n(CCl)c2ccccc2n1CCl. The summed E-state index contributed by atoms with van der Waals surface area (Å²) in [5.74, 6) is 0. The van der Waals surface area contributed by atoms with Crippen LogP contribution in [0.5, 0.6) is 0 Å². The van der Waals surface area contributed by atoms with E-state index in [-0.39, 0.29) is 17.7 Å². The van der Waals surface area contributed by atoms with Crippen molar-refractivity contribution in [2.45, 2.75) is 12.0 Å². The van der Waals surface area contributed by atoms with Crippen LogP contribution in [-0.2, 0) is 12.0 Å². The highest BCUT2D eigenvalue weighted by atomic mass is 35.5. The third-order valence-electron chi connectivity index (χ3n) is 2.16. The van der Waals surface area contributed by atoms with E-state index >= 15 is 0 Å². The molecule has 0 aliphatic heterocycles. The first-order valence-electron chi connectivity index (χ1n) is 4.09. The Bertz CT molecular complexity index is 471. The van der Waals surface area contributed by atoms with Crippen molar-refractivity contribution < 1.29 is 0 Å². The standard InChI is InChI=1S/C9H8Cl2N2O/c10-5-12-7-3-1-2-4-8(7)13(6-11)9(12)14/h1-4H,5-6H2. The molecule has 0 saturated heterocycles. The van der Waals surface area contributed by atoms with E-state index in [0.717, 1.165) is 11.0 Å². The van der Waals surface area contributed by atoms with Crippen LogP contribution in [0.4, 0.5) is 0 Å². The van der Waals surface area contributed by atoms with E-state index < -0.39 is 0 Å². The van der Waals surface area contributed by atoms with Crippen molar-refractivity contribution >= 4 is 34.2 Å². The quantitative estimate of drug-likeness (QED) is 0.728. The molecule has 0 fully saturated rings. The number of alkyl halides is 2. The Balaban J connectivity index is 2.92. The number of nitrogens with zero attached hydrogens (tertiary/aromatic N) is 2. The molecule has 5 heteroatoms. The largest absolute Gasteiger partial charge is 0.331 e. The van der Waals surface area contributed by atoms with Gasteiger partial charge in [0.05, 0.1) is 11.0 Å².